The number of ether oxygens (including phenoxy) is 3. The molecular formula is C34H39FO4. The van der Waals surface area contributed by atoms with Crippen molar-refractivity contribution in [1.82, 2.24) is 0 Å². The zero-order valence-electron chi connectivity index (χ0n) is 23.7. The highest BCUT2D eigenvalue weighted by Crippen LogP contribution is 2.51. The molecule has 0 unspecified atom stereocenters. The number of carbonyl (C=O) groups is 1. The average molecular weight is 531 g/mol. The number of methoxy groups -OCH3 is 2. The monoisotopic (exact) mass is 530 g/mol. The van der Waals surface area contributed by atoms with E-state index in [9.17, 15) is 4.79 Å². The summed E-state index contributed by atoms with van der Waals surface area (Å²) in [6, 6.07) is 17.5. The molecule has 0 aliphatic heterocycles. The van der Waals surface area contributed by atoms with Crippen molar-refractivity contribution in [2.75, 3.05) is 14.2 Å². The summed E-state index contributed by atoms with van der Waals surface area (Å²) >= 11 is 0. The van der Waals surface area contributed by atoms with Crippen LogP contribution >= 0.6 is 0 Å². The van der Waals surface area contributed by atoms with Crippen LogP contribution in [-0.2, 0) is 22.6 Å². The lowest BCUT2D eigenvalue weighted by molar-refractivity contribution is -0.145. The normalized spacial score (nSPS) is 20.4. The van der Waals surface area contributed by atoms with Crippen LogP contribution in [0, 0.1) is 17.2 Å². The van der Waals surface area contributed by atoms with E-state index in [1.807, 2.05) is 25.1 Å². The van der Waals surface area contributed by atoms with Crippen LogP contribution in [0.4, 0.5) is 4.39 Å². The van der Waals surface area contributed by atoms with Crippen molar-refractivity contribution < 1.29 is 23.4 Å². The quantitative estimate of drug-likeness (QED) is 0.275. The number of carbonyl (C=O) groups excluding carboxylic acids is 1. The Morgan fingerprint density at radius 3 is 2.49 bits per heavy atom. The third kappa shape index (κ3) is 5.41. The van der Waals surface area contributed by atoms with Crippen molar-refractivity contribution in [2.45, 2.75) is 71.3 Å². The van der Waals surface area contributed by atoms with Gasteiger partial charge in [0.25, 0.3) is 0 Å². The number of aryl methyl sites for hydroxylation is 1. The van der Waals surface area contributed by atoms with E-state index in [1.165, 1.54) is 36.3 Å². The van der Waals surface area contributed by atoms with Gasteiger partial charge < -0.3 is 14.2 Å². The summed E-state index contributed by atoms with van der Waals surface area (Å²) in [5.41, 5.74) is 6.32. The van der Waals surface area contributed by atoms with Crippen molar-refractivity contribution in [3.8, 4) is 22.6 Å². The van der Waals surface area contributed by atoms with Gasteiger partial charge in [-0.25, -0.2) is 4.39 Å². The topological polar surface area (TPSA) is 44.8 Å². The third-order valence-corrected chi connectivity index (χ3v) is 9.04. The Balaban J connectivity index is 1.43. The lowest BCUT2D eigenvalue weighted by Crippen LogP contribution is -2.19. The fourth-order valence-electron chi connectivity index (χ4n) is 6.71. The molecule has 0 amide bonds. The number of rotatable bonds is 8. The lowest BCUT2D eigenvalue weighted by atomic mass is 9.75. The minimum absolute atomic E-state index is 0.134. The maximum Gasteiger partial charge on any atom is 0.308 e. The van der Waals surface area contributed by atoms with E-state index in [2.05, 4.69) is 32.0 Å². The van der Waals surface area contributed by atoms with Gasteiger partial charge in [0.15, 0.2) is 0 Å². The minimum Gasteiger partial charge on any atom is -0.497 e. The molecule has 3 atom stereocenters. The maximum absolute atomic E-state index is 15.1. The van der Waals surface area contributed by atoms with E-state index in [0.717, 1.165) is 42.6 Å². The highest BCUT2D eigenvalue weighted by Gasteiger charge is 2.37. The number of hydrogen-bond donors (Lipinski definition) is 0. The highest BCUT2D eigenvalue weighted by atomic mass is 19.1. The average Bonchev–Trinajstić information content (AvgIpc) is 3.53. The molecule has 5 heteroatoms. The molecule has 1 fully saturated rings. The number of fused-ring (bicyclic) bond motifs is 1. The Morgan fingerprint density at radius 2 is 1.77 bits per heavy atom. The standard InChI is InChI=1S/C34H39FO4/c1-21(33(36)38-5)26-14-10-23-9-11-25(19-28(23)26)39-20-22-8-13-27(30-18-24(37-4)12-15-32(30)35)29(17-22)31-7-6-16-34(31,2)3/h8-9,11-13,15,17-19,21,26,31H,6-7,10,14,16,20H2,1-5H3/t21-,26+,31+/m0/s1. The summed E-state index contributed by atoms with van der Waals surface area (Å²) in [6.07, 6.45) is 5.31. The Kier molecular flexibility index (Phi) is 7.70. The SMILES string of the molecule is COC(=O)[C@@H](C)[C@H]1CCc2ccc(OCc3ccc(-c4cc(OC)ccc4F)c([C@H]4CCCC4(C)C)c3)cc21. The molecule has 3 aromatic carbocycles. The van der Waals surface area contributed by atoms with Gasteiger partial charge in [0.1, 0.15) is 23.9 Å². The van der Waals surface area contributed by atoms with Gasteiger partial charge in [-0.15, -0.1) is 0 Å². The molecule has 5 rings (SSSR count). The van der Waals surface area contributed by atoms with Crippen LogP contribution in [0.3, 0.4) is 0 Å². The summed E-state index contributed by atoms with van der Waals surface area (Å²) < 4.78 is 31.8. The van der Waals surface area contributed by atoms with Crippen molar-refractivity contribution in [3.05, 3.63) is 82.7 Å². The van der Waals surface area contributed by atoms with E-state index in [-0.39, 0.29) is 29.0 Å². The molecule has 0 N–H and O–H groups in total. The fraction of sp³-hybridized carbons (Fsp3) is 0.441. The Labute approximate surface area is 231 Å². The molecule has 4 nitrogen and oxygen atoms in total. The molecule has 0 spiro atoms. The predicted octanol–water partition coefficient (Wildman–Crippen LogP) is 8.21. The first-order chi connectivity index (χ1) is 18.7. The van der Waals surface area contributed by atoms with Gasteiger partial charge in [-0.05, 0) is 101 Å². The van der Waals surface area contributed by atoms with Gasteiger partial charge in [0, 0.05) is 5.56 Å². The first-order valence-electron chi connectivity index (χ1n) is 14.0. The van der Waals surface area contributed by atoms with E-state index >= 15 is 4.39 Å². The Bertz CT molecular complexity index is 1360. The molecule has 2 aliphatic rings. The van der Waals surface area contributed by atoms with E-state index in [0.29, 0.717) is 23.8 Å². The van der Waals surface area contributed by atoms with Crippen molar-refractivity contribution in [3.63, 3.8) is 0 Å². The molecule has 1 saturated carbocycles. The molecule has 206 valence electrons. The second kappa shape index (κ2) is 11.0. The molecule has 0 saturated heterocycles. The Morgan fingerprint density at radius 1 is 0.974 bits per heavy atom. The largest absolute Gasteiger partial charge is 0.497 e. The van der Waals surface area contributed by atoms with Crippen LogP contribution in [-0.4, -0.2) is 20.2 Å². The zero-order chi connectivity index (χ0) is 27.7. The molecule has 0 heterocycles. The highest BCUT2D eigenvalue weighted by molar-refractivity contribution is 5.73. The molecule has 0 bridgehead atoms. The summed E-state index contributed by atoms with van der Waals surface area (Å²) in [7, 11) is 3.05. The smallest absolute Gasteiger partial charge is 0.308 e. The van der Waals surface area contributed by atoms with Gasteiger partial charge in [-0.1, -0.05) is 51.5 Å². The maximum atomic E-state index is 15.1. The molecule has 0 aromatic heterocycles. The van der Waals surface area contributed by atoms with Crippen LogP contribution in [0.1, 0.15) is 80.5 Å². The molecule has 2 aliphatic carbocycles. The molecule has 39 heavy (non-hydrogen) atoms. The second-order valence-corrected chi connectivity index (χ2v) is 11.8. The number of halogens is 1. The van der Waals surface area contributed by atoms with E-state index in [1.54, 1.807) is 19.2 Å². The minimum atomic E-state index is -0.245. The summed E-state index contributed by atoms with van der Waals surface area (Å²) in [5, 5.41) is 0. The van der Waals surface area contributed by atoms with Crippen LogP contribution < -0.4 is 9.47 Å². The Hall–Kier alpha value is -3.34. The van der Waals surface area contributed by atoms with Gasteiger partial charge in [-0.3, -0.25) is 4.79 Å². The van der Waals surface area contributed by atoms with Crippen LogP contribution in [0.2, 0.25) is 0 Å². The predicted molar refractivity (Wildman–Crippen MR) is 152 cm³/mol. The first kappa shape index (κ1) is 27.2. The zero-order valence-corrected chi connectivity index (χ0v) is 23.7. The van der Waals surface area contributed by atoms with E-state index < -0.39 is 0 Å². The second-order valence-electron chi connectivity index (χ2n) is 11.8. The lowest BCUT2D eigenvalue weighted by Gasteiger charge is -2.30. The fourth-order valence-corrected chi connectivity index (χ4v) is 6.71. The van der Waals surface area contributed by atoms with Crippen molar-refractivity contribution in [2.24, 2.45) is 11.3 Å². The summed E-state index contributed by atoms with van der Waals surface area (Å²) in [6.45, 7) is 6.99. The third-order valence-electron chi connectivity index (χ3n) is 9.04. The molecule has 3 aromatic rings. The van der Waals surface area contributed by atoms with Gasteiger partial charge >= 0.3 is 5.97 Å². The van der Waals surface area contributed by atoms with Crippen molar-refractivity contribution in [1.29, 1.82) is 0 Å². The van der Waals surface area contributed by atoms with Crippen LogP contribution in [0.15, 0.2) is 54.6 Å². The van der Waals surface area contributed by atoms with Crippen LogP contribution in [0.5, 0.6) is 11.5 Å². The first-order valence-corrected chi connectivity index (χ1v) is 14.0. The van der Waals surface area contributed by atoms with Crippen molar-refractivity contribution >= 4 is 5.97 Å². The summed E-state index contributed by atoms with van der Waals surface area (Å²) in [4.78, 5) is 12.2. The summed E-state index contributed by atoms with van der Waals surface area (Å²) in [5.74, 6) is 1.31. The van der Waals surface area contributed by atoms with Crippen LogP contribution in [0.25, 0.3) is 11.1 Å². The van der Waals surface area contributed by atoms with Gasteiger partial charge in [-0.2, -0.15) is 0 Å². The molecular weight excluding hydrogens is 491 g/mol. The number of benzene rings is 3. The number of esters is 1. The van der Waals surface area contributed by atoms with E-state index in [4.69, 9.17) is 14.2 Å². The number of hydrogen-bond acceptors (Lipinski definition) is 4. The molecule has 0 radical (unpaired) electrons. The van der Waals surface area contributed by atoms with Gasteiger partial charge in [0.05, 0.1) is 20.1 Å². The van der Waals surface area contributed by atoms with Gasteiger partial charge in [0.2, 0.25) is 0 Å².